The second kappa shape index (κ2) is 7.49. The summed E-state index contributed by atoms with van der Waals surface area (Å²) in [5.74, 6) is 0.782. The zero-order chi connectivity index (χ0) is 17.0. The molecule has 0 aliphatic carbocycles. The number of piperidine rings is 1. The standard InChI is InChI=1S/C18H27N3O2/c1-12(2)19-18(23)20-16-6-5-15(11-14(16)4)17(22)21-9-7-13(3)8-10-21/h5-6,11-13H,7-10H2,1-4H3,(H2,19,20,23). The molecule has 1 saturated heterocycles. The molecule has 1 aliphatic rings. The van der Waals surface area contributed by atoms with E-state index < -0.39 is 0 Å². The molecule has 5 nitrogen and oxygen atoms in total. The molecule has 1 heterocycles. The molecule has 1 fully saturated rings. The van der Waals surface area contributed by atoms with Gasteiger partial charge in [0.15, 0.2) is 0 Å². The minimum Gasteiger partial charge on any atom is -0.339 e. The van der Waals surface area contributed by atoms with Gasteiger partial charge in [0.25, 0.3) is 5.91 Å². The van der Waals surface area contributed by atoms with E-state index in [2.05, 4.69) is 17.6 Å². The molecular formula is C18H27N3O2. The number of likely N-dealkylation sites (tertiary alicyclic amines) is 1. The van der Waals surface area contributed by atoms with E-state index in [0.717, 1.165) is 37.2 Å². The Balaban J connectivity index is 2.03. The van der Waals surface area contributed by atoms with Gasteiger partial charge in [-0.05, 0) is 63.3 Å². The molecule has 0 atom stereocenters. The van der Waals surface area contributed by atoms with Gasteiger partial charge in [0.1, 0.15) is 0 Å². The number of aryl methyl sites for hydroxylation is 1. The summed E-state index contributed by atoms with van der Waals surface area (Å²) < 4.78 is 0. The van der Waals surface area contributed by atoms with Crippen molar-refractivity contribution >= 4 is 17.6 Å². The summed E-state index contributed by atoms with van der Waals surface area (Å²) in [6.07, 6.45) is 2.14. The molecule has 0 bridgehead atoms. The largest absolute Gasteiger partial charge is 0.339 e. The second-order valence-electron chi connectivity index (χ2n) is 6.76. The van der Waals surface area contributed by atoms with Gasteiger partial charge in [-0.25, -0.2) is 4.79 Å². The smallest absolute Gasteiger partial charge is 0.319 e. The van der Waals surface area contributed by atoms with Crippen molar-refractivity contribution in [3.63, 3.8) is 0 Å². The number of hydrogen-bond acceptors (Lipinski definition) is 2. The first-order valence-electron chi connectivity index (χ1n) is 8.34. The predicted octanol–water partition coefficient (Wildman–Crippen LogP) is 3.40. The third-order valence-corrected chi connectivity index (χ3v) is 4.21. The highest BCUT2D eigenvalue weighted by molar-refractivity contribution is 5.96. The molecule has 0 saturated carbocycles. The van der Waals surface area contributed by atoms with Crippen LogP contribution in [0.1, 0.15) is 49.5 Å². The summed E-state index contributed by atoms with van der Waals surface area (Å²) in [6, 6.07) is 5.29. The maximum Gasteiger partial charge on any atom is 0.319 e. The van der Waals surface area contributed by atoms with Crippen LogP contribution >= 0.6 is 0 Å². The lowest BCUT2D eigenvalue weighted by Crippen LogP contribution is -2.38. The van der Waals surface area contributed by atoms with Crippen LogP contribution in [0.3, 0.4) is 0 Å². The Kier molecular flexibility index (Phi) is 5.64. The van der Waals surface area contributed by atoms with Gasteiger partial charge in [0.05, 0.1) is 0 Å². The summed E-state index contributed by atoms with van der Waals surface area (Å²) in [4.78, 5) is 26.3. The van der Waals surface area contributed by atoms with Crippen molar-refractivity contribution in [2.45, 2.75) is 46.6 Å². The molecule has 5 heteroatoms. The molecule has 1 aromatic carbocycles. The lowest BCUT2D eigenvalue weighted by atomic mass is 9.98. The van der Waals surface area contributed by atoms with Gasteiger partial charge in [-0.15, -0.1) is 0 Å². The van der Waals surface area contributed by atoms with Crippen molar-refractivity contribution < 1.29 is 9.59 Å². The normalized spacial score (nSPS) is 15.6. The zero-order valence-corrected chi connectivity index (χ0v) is 14.5. The van der Waals surface area contributed by atoms with Crippen molar-refractivity contribution in [1.29, 1.82) is 0 Å². The first-order valence-corrected chi connectivity index (χ1v) is 8.34. The maximum absolute atomic E-state index is 12.6. The van der Waals surface area contributed by atoms with E-state index in [1.807, 2.05) is 31.7 Å². The zero-order valence-electron chi connectivity index (χ0n) is 14.5. The summed E-state index contributed by atoms with van der Waals surface area (Å²) in [6.45, 7) is 9.61. The van der Waals surface area contributed by atoms with Crippen molar-refractivity contribution in [3.8, 4) is 0 Å². The molecule has 1 aromatic rings. The molecule has 2 rings (SSSR count). The first-order chi connectivity index (χ1) is 10.9. The lowest BCUT2D eigenvalue weighted by molar-refractivity contribution is 0.0697. The maximum atomic E-state index is 12.6. The number of carbonyl (C=O) groups is 2. The average molecular weight is 317 g/mol. The summed E-state index contributed by atoms with van der Waals surface area (Å²) in [5, 5.41) is 5.60. The van der Waals surface area contributed by atoms with Gasteiger partial charge >= 0.3 is 6.03 Å². The molecule has 126 valence electrons. The first kappa shape index (κ1) is 17.3. The van der Waals surface area contributed by atoms with Crippen LogP contribution < -0.4 is 10.6 Å². The summed E-state index contributed by atoms with van der Waals surface area (Å²) >= 11 is 0. The predicted molar refractivity (Wildman–Crippen MR) is 92.8 cm³/mol. The lowest BCUT2D eigenvalue weighted by Gasteiger charge is -2.30. The fraction of sp³-hybridized carbons (Fsp3) is 0.556. The third kappa shape index (κ3) is 4.71. The minimum atomic E-state index is -0.229. The van der Waals surface area contributed by atoms with Crippen molar-refractivity contribution in [2.24, 2.45) is 5.92 Å². The summed E-state index contributed by atoms with van der Waals surface area (Å²) in [7, 11) is 0. The summed E-state index contributed by atoms with van der Waals surface area (Å²) in [5.41, 5.74) is 2.30. The van der Waals surface area contributed by atoms with E-state index in [1.165, 1.54) is 0 Å². The van der Waals surface area contributed by atoms with Gasteiger partial charge in [-0.2, -0.15) is 0 Å². The molecule has 0 aromatic heterocycles. The fourth-order valence-corrected chi connectivity index (χ4v) is 2.75. The van der Waals surface area contributed by atoms with Crippen LogP contribution in [0.25, 0.3) is 0 Å². The van der Waals surface area contributed by atoms with Gasteiger partial charge < -0.3 is 15.5 Å². The van der Waals surface area contributed by atoms with Crippen molar-refractivity contribution in [1.82, 2.24) is 10.2 Å². The van der Waals surface area contributed by atoms with Gasteiger partial charge in [-0.3, -0.25) is 4.79 Å². The monoisotopic (exact) mass is 317 g/mol. The van der Waals surface area contributed by atoms with Crippen molar-refractivity contribution in [3.05, 3.63) is 29.3 Å². The molecular weight excluding hydrogens is 290 g/mol. The fourth-order valence-electron chi connectivity index (χ4n) is 2.75. The quantitative estimate of drug-likeness (QED) is 0.897. The van der Waals surface area contributed by atoms with E-state index in [0.29, 0.717) is 11.5 Å². The van der Waals surface area contributed by atoms with E-state index in [4.69, 9.17) is 0 Å². The third-order valence-electron chi connectivity index (χ3n) is 4.21. The van der Waals surface area contributed by atoms with Crippen LogP contribution in [0.4, 0.5) is 10.5 Å². The second-order valence-corrected chi connectivity index (χ2v) is 6.76. The number of hydrogen-bond donors (Lipinski definition) is 2. The number of anilines is 1. The van der Waals surface area contributed by atoms with Crippen LogP contribution in [0.15, 0.2) is 18.2 Å². The number of nitrogens with one attached hydrogen (secondary N) is 2. The van der Waals surface area contributed by atoms with Gasteiger partial charge in [0.2, 0.25) is 0 Å². The van der Waals surface area contributed by atoms with E-state index in [1.54, 1.807) is 12.1 Å². The Bertz CT molecular complexity index is 576. The SMILES string of the molecule is Cc1cc(C(=O)N2CCC(C)CC2)ccc1NC(=O)NC(C)C. The topological polar surface area (TPSA) is 61.4 Å². The Morgan fingerprint density at radius 2 is 1.87 bits per heavy atom. The van der Waals surface area contributed by atoms with Crippen LogP contribution in [-0.2, 0) is 0 Å². The number of carbonyl (C=O) groups excluding carboxylic acids is 2. The molecule has 3 amide bonds. The molecule has 23 heavy (non-hydrogen) atoms. The number of rotatable bonds is 3. The number of amides is 3. The molecule has 2 N–H and O–H groups in total. The number of urea groups is 1. The Morgan fingerprint density at radius 1 is 1.22 bits per heavy atom. The van der Waals surface area contributed by atoms with Crippen LogP contribution in [0, 0.1) is 12.8 Å². The van der Waals surface area contributed by atoms with Crippen LogP contribution in [-0.4, -0.2) is 36.0 Å². The highest BCUT2D eigenvalue weighted by Crippen LogP contribution is 2.21. The number of benzene rings is 1. The Labute approximate surface area is 138 Å². The minimum absolute atomic E-state index is 0.0812. The average Bonchev–Trinajstić information content (AvgIpc) is 2.48. The van der Waals surface area contributed by atoms with Crippen LogP contribution in [0.2, 0.25) is 0 Å². The van der Waals surface area contributed by atoms with Crippen LogP contribution in [0.5, 0.6) is 0 Å². The Hall–Kier alpha value is -2.04. The van der Waals surface area contributed by atoms with Crippen molar-refractivity contribution in [2.75, 3.05) is 18.4 Å². The molecule has 0 radical (unpaired) electrons. The highest BCUT2D eigenvalue weighted by Gasteiger charge is 2.21. The number of nitrogens with zero attached hydrogens (tertiary/aromatic N) is 1. The molecule has 0 unspecified atom stereocenters. The Morgan fingerprint density at radius 3 is 2.43 bits per heavy atom. The van der Waals surface area contributed by atoms with E-state index >= 15 is 0 Å². The molecule has 0 spiro atoms. The van der Waals surface area contributed by atoms with Gasteiger partial charge in [-0.1, -0.05) is 6.92 Å². The highest BCUT2D eigenvalue weighted by atomic mass is 16.2. The van der Waals surface area contributed by atoms with E-state index in [-0.39, 0.29) is 18.0 Å². The van der Waals surface area contributed by atoms with Gasteiger partial charge in [0, 0.05) is 30.4 Å². The molecule has 1 aliphatic heterocycles. The van der Waals surface area contributed by atoms with E-state index in [9.17, 15) is 9.59 Å².